The molecule has 4 nitrogen and oxygen atoms in total. The summed E-state index contributed by atoms with van der Waals surface area (Å²) < 4.78 is 0. The summed E-state index contributed by atoms with van der Waals surface area (Å²) in [5.74, 6) is -0.221. The molecular weight excluding hydrogens is 216 g/mol. The van der Waals surface area contributed by atoms with Crippen LogP contribution >= 0.6 is 0 Å². The number of hydrogen-bond acceptors (Lipinski definition) is 2. The Labute approximate surface area is 100 Å². The number of likely N-dealkylation sites (N-methyl/N-ethyl adjacent to an activating group) is 1. The molecule has 0 radical (unpaired) electrons. The summed E-state index contributed by atoms with van der Waals surface area (Å²) >= 11 is 0. The van der Waals surface area contributed by atoms with E-state index in [9.17, 15) is 9.59 Å². The van der Waals surface area contributed by atoms with Gasteiger partial charge in [0.2, 0.25) is 11.8 Å². The lowest BCUT2D eigenvalue weighted by Crippen LogP contribution is -2.48. The molecule has 0 aromatic heterocycles. The van der Waals surface area contributed by atoms with Crippen molar-refractivity contribution in [3.63, 3.8) is 0 Å². The van der Waals surface area contributed by atoms with Crippen LogP contribution < -0.4 is 10.6 Å². The molecule has 1 aliphatic rings. The lowest BCUT2D eigenvalue weighted by Gasteiger charge is -2.16. The van der Waals surface area contributed by atoms with Crippen molar-refractivity contribution in [3.05, 3.63) is 35.9 Å². The summed E-state index contributed by atoms with van der Waals surface area (Å²) in [6, 6.07) is 9.78. The van der Waals surface area contributed by atoms with E-state index in [1.165, 1.54) is 6.92 Å². The molecule has 1 fully saturated rings. The van der Waals surface area contributed by atoms with Gasteiger partial charge in [-0.05, 0) is 12.0 Å². The zero-order valence-corrected chi connectivity index (χ0v) is 9.99. The van der Waals surface area contributed by atoms with Gasteiger partial charge in [0.15, 0.2) is 0 Å². The maximum atomic E-state index is 11.9. The van der Waals surface area contributed by atoms with Gasteiger partial charge in [0.05, 0.1) is 0 Å². The van der Waals surface area contributed by atoms with Gasteiger partial charge < -0.3 is 10.6 Å². The highest BCUT2D eigenvalue weighted by Gasteiger charge is 2.61. The first-order valence-corrected chi connectivity index (χ1v) is 5.66. The number of carbonyl (C=O) groups is 2. The topological polar surface area (TPSA) is 58.2 Å². The van der Waals surface area contributed by atoms with Crippen LogP contribution in [-0.4, -0.2) is 24.4 Å². The Hall–Kier alpha value is -1.84. The second-order valence-electron chi connectivity index (χ2n) is 4.40. The Balaban J connectivity index is 2.23. The molecule has 1 aliphatic carbocycles. The average molecular weight is 232 g/mol. The van der Waals surface area contributed by atoms with Gasteiger partial charge in [0.1, 0.15) is 5.54 Å². The molecule has 17 heavy (non-hydrogen) atoms. The summed E-state index contributed by atoms with van der Waals surface area (Å²) in [6.45, 7) is 1.44. The predicted octanol–water partition coefficient (Wildman–Crippen LogP) is 0.795. The highest BCUT2D eigenvalue weighted by Crippen LogP contribution is 2.51. The highest BCUT2D eigenvalue weighted by atomic mass is 16.2. The van der Waals surface area contributed by atoms with Gasteiger partial charge in [0.25, 0.3) is 0 Å². The smallest absolute Gasteiger partial charge is 0.246 e. The summed E-state index contributed by atoms with van der Waals surface area (Å²) in [7, 11) is 1.59. The van der Waals surface area contributed by atoms with Gasteiger partial charge in [-0.15, -0.1) is 0 Å². The van der Waals surface area contributed by atoms with Gasteiger partial charge in [-0.3, -0.25) is 9.59 Å². The van der Waals surface area contributed by atoms with Crippen LogP contribution in [0.15, 0.2) is 30.3 Å². The molecule has 90 valence electrons. The maximum absolute atomic E-state index is 11.9. The number of carbonyl (C=O) groups excluding carboxylic acids is 2. The van der Waals surface area contributed by atoms with Gasteiger partial charge in [-0.2, -0.15) is 0 Å². The van der Waals surface area contributed by atoms with Crippen molar-refractivity contribution in [1.82, 2.24) is 10.6 Å². The lowest BCUT2D eigenvalue weighted by atomic mass is 10.1. The third-order valence-corrected chi connectivity index (χ3v) is 3.19. The molecule has 2 amide bonds. The Morgan fingerprint density at radius 1 is 1.29 bits per heavy atom. The number of hydrogen-bond donors (Lipinski definition) is 2. The van der Waals surface area contributed by atoms with Crippen molar-refractivity contribution < 1.29 is 9.59 Å². The van der Waals surface area contributed by atoms with Crippen LogP contribution in [0.1, 0.15) is 24.8 Å². The minimum atomic E-state index is -0.748. The monoisotopic (exact) mass is 232 g/mol. The van der Waals surface area contributed by atoms with Crippen LogP contribution in [0.5, 0.6) is 0 Å². The Kier molecular flexibility index (Phi) is 2.88. The fourth-order valence-electron chi connectivity index (χ4n) is 2.33. The summed E-state index contributed by atoms with van der Waals surface area (Å²) in [4.78, 5) is 23.1. The van der Waals surface area contributed by atoms with E-state index in [1.807, 2.05) is 30.3 Å². The molecule has 2 atom stereocenters. The molecular formula is C13H16N2O2. The van der Waals surface area contributed by atoms with Crippen molar-refractivity contribution in [1.29, 1.82) is 0 Å². The average Bonchev–Trinajstić information content (AvgIpc) is 3.04. The highest BCUT2D eigenvalue weighted by molar-refractivity contribution is 5.95. The Morgan fingerprint density at radius 3 is 2.47 bits per heavy atom. The van der Waals surface area contributed by atoms with Crippen LogP contribution in [0.25, 0.3) is 0 Å². The van der Waals surface area contributed by atoms with E-state index < -0.39 is 5.54 Å². The molecule has 2 N–H and O–H groups in total. The maximum Gasteiger partial charge on any atom is 0.246 e. The quantitative estimate of drug-likeness (QED) is 0.809. The number of benzene rings is 1. The van der Waals surface area contributed by atoms with Crippen molar-refractivity contribution in [2.45, 2.75) is 24.8 Å². The molecule has 0 unspecified atom stereocenters. The summed E-state index contributed by atoms with van der Waals surface area (Å²) in [5.41, 5.74) is 0.340. The van der Waals surface area contributed by atoms with Crippen LogP contribution in [0.4, 0.5) is 0 Å². The zero-order chi connectivity index (χ0) is 12.5. The molecule has 0 bridgehead atoms. The van der Waals surface area contributed by atoms with Crippen LogP contribution in [0.3, 0.4) is 0 Å². The first-order valence-electron chi connectivity index (χ1n) is 5.66. The standard InChI is InChI=1S/C13H16N2O2/c1-9(16)15-13(12(17)14-2)8-11(13)10-6-4-3-5-7-10/h3-7,11H,8H2,1-2H3,(H,14,17)(H,15,16)/t11-,13-/m0/s1. The molecule has 0 saturated heterocycles. The zero-order valence-electron chi connectivity index (χ0n) is 9.99. The van der Waals surface area contributed by atoms with Crippen molar-refractivity contribution in [3.8, 4) is 0 Å². The normalized spacial score (nSPS) is 26.1. The van der Waals surface area contributed by atoms with Crippen molar-refractivity contribution in [2.75, 3.05) is 7.05 Å². The number of amides is 2. The SMILES string of the molecule is CNC(=O)[C@]1(NC(C)=O)C[C@H]1c1ccccc1. The van der Waals surface area contributed by atoms with E-state index in [2.05, 4.69) is 10.6 Å². The molecule has 2 rings (SSSR count). The molecule has 0 spiro atoms. The van der Waals surface area contributed by atoms with Gasteiger partial charge in [-0.1, -0.05) is 30.3 Å². The van der Waals surface area contributed by atoms with E-state index >= 15 is 0 Å². The minimum Gasteiger partial charge on any atom is -0.357 e. The first kappa shape index (κ1) is 11.6. The third kappa shape index (κ3) is 2.02. The second kappa shape index (κ2) is 4.20. The van der Waals surface area contributed by atoms with Gasteiger partial charge in [0, 0.05) is 19.9 Å². The van der Waals surface area contributed by atoms with Crippen LogP contribution in [0.2, 0.25) is 0 Å². The Morgan fingerprint density at radius 2 is 1.94 bits per heavy atom. The molecule has 1 saturated carbocycles. The van der Waals surface area contributed by atoms with E-state index in [4.69, 9.17) is 0 Å². The molecule has 1 aromatic rings. The largest absolute Gasteiger partial charge is 0.357 e. The van der Waals surface area contributed by atoms with E-state index in [1.54, 1.807) is 7.05 Å². The van der Waals surface area contributed by atoms with E-state index in [0.29, 0.717) is 6.42 Å². The summed E-state index contributed by atoms with van der Waals surface area (Å²) in [5, 5.41) is 5.40. The third-order valence-electron chi connectivity index (χ3n) is 3.19. The lowest BCUT2D eigenvalue weighted by molar-refractivity contribution is -0.129. The summed E-state index contributed by atoms with van der Waals surface area (Å²) in [6.07, 6.45) is 0.663. The second-order valence-corrected chi connectivity index (χ2v) is 4.40. The molecule has 0 heterocycles. The van der Waals surface area contributed by atoms with Crippen LogP contribution in [0, 0.1) is 0 Å². The molecule has 4 heteroatoms. The first-order chi connectivity index (χ1) is 8.10. The minimum absolute atomic E-state index is 0.0764. The fraction of sp³-hybridized carbons (Fsp3) is 0.385. The van der Waals surface area contributed by atoms with E-state index in [0.717, 1.165) is 5.56 Å². The molecule has 0 aliphatic heterocycles. The van der Waals surface area contributed by atoms with Crippen molar-refractivity contribution in [2.24, 2.45) is 0 Å². The predicted molar refractivity (Wildman–Crippen MR) is 64.4 cm³/mol. The number of rotatable bonds is 3. The number of nitrogens with one attached hydrogen (secondary N) is 2. The Bertz CT molecular complexity index is 444. The van der Waals surface area contributed by atoms with Gasteiger partial charge in [-0.25, -0.2) is 0 Å². The molecule has 1 aromatic carbocycles. The fourth-order valence-corrected chi connectivity index (χ4v) is 2.33. The van der Waals surface area contributed by atoms with Crippen LogP contribution in [-0.2, 0) is 9.59 Å². The van der Waals surface area contributed by atoms with E-state index in [-0.39, 0.29) is 17.7 Å². The van der Waals surface area contributed by atoms with Gasteiger partial charge >= 0.3 is 0 Å². The van der Waals surface area contributed by atoms with Crippen molar-refractivity contribution >= 4 is 11.8 Å².